The topological polar surface area (TPSA) is 3.24 Å². The molecule has 1 heterocycles. The molecule has 0 radical (unpaired) electrons. The summed E-state index contributed by atoms with van der Waals surface area (Å²) in [6.07, 6.45) is 9.25. The van der Waals surface area contributed by atoms with Gasteiger partial charge in [0.2, 0.25) is 0 Å². The van der Waals surface area contributed by atoms with Crippen molar-refractivity contribution in [3.63, 3.8) is 0 Å². The monoisotopic (exact) mass is 225 g/mol. The van der Waals surface area contributed by atoms with E-state index in [1.165, 1.54) is 45.2 Å². The van der Waals surface area contributed by atoms with E-state index in [1.54, 1.807) is 0 Å². The Morgan fingerprint density at radius 1 is 1.13 bits per heavy atom. The van der Waals surface area contributed by atoms with Gasteiger partial charge in [-0.2, -0.15) is 0 Å². The predicted octanol–water partition coefficient (Wildman–Crippen LogP) is 2.69. The molecule has 2 heteroatoms. The minimum absolute atomic E-state index is 0.0811. The lowest BCUT2D eigenvalue weighted by atomic mass is 10.0. The van der Waals surface area contributed by atoms with Crippen LogP contribution in [-0.4, -0.2) is 32.7 Å². The largest absolute Gasteiger partial charge is 0.301 e. The Hall–Kier alpha value is -0.0831. The molecule has 0 atom stereocenters. The maximum absolute atomic E-state index is 2.81. The number of rotatable bonds is 5. The van der Waals surface area contributed by atoms with Crippen molar-refractivity contribution in [1.82, 2.24) is 4.90 Å². The molecule has 15 heavy (non-hydrogen) atoms. The van der Waals surface area contributed by atoms with E-state index in [-0.39, 0.29) is 9.52 Å². The lowest BCUT2D eigenvalue weighted by Crippen LogP contribution is -2.54. The molecular weight excluding hydrogens is 198 g/mol. The molecule has 0 aromatic rings. The van der Waals surface area contributed by atoms with Crippen molar-refractivity contribution in [2.45, 2.75) is 58.0 Å². The quantitative estimate of drug-likeness (QED) is 0.650. The molecule has 1 aliphatic rings. The molecule has 0 saturated carbocycles. The first-order chi connectivity index (χ1) is 7.29. The van der Waals surface area contributed by atoms with Gasteiger partial charge in [-0.3, -0.25) is 0 Å². The second kappa shape index (κ2) is 6.49. The number of hydrogen-bond acceptors (Lipinski definition) is 1. The third kappa shape index (κ3) is 3.18. The summed E-state index contributed by atoms with van der Waals surface area (Å²) in [7, 11) is -0.0811. The smallest absolute Gasteiger partial charge is 0.0685 e. The Morgan fingerprint density at radius 2 is 1.73 bits per heavy atom. The highest BCUT2D eigenvalue weighted by molar-refractivity contribution is 6.46. The minimum atomic E-state index is -0.0811. The summed E-state index contributed by atoms with van der Waals surface area (Å²) in [4.78, 5) is 2.81. The van der Waals surface area contributed by atoms with Crippen LogP contribution in [0.4, 0.5) is 0 Å². The Kier molecular flexibility index (Phi) is 5.62. The average Bonchev–Trinajstić information content (AvgIpc) is 2.33. The molecular formula is C13H27NSi. The number of nitrogens with zero attached hydrogens (tertiary/aromatic N) is 1. The van der Waals surface area contributed by atoms with Gasteiger partial charge in [0.1, 0.15) is 0 Å². The average molecular weight is 225 g/mol. The Bertz CT molecular complexity index is 191. The Balaban J connectivity index is 2.67. The van der Waals surface area contributed by atoms with Gasteiger partial charge in [0.25, 0.3) is 0 Å². The lowest BCUT2D eigenvalue weighted by molar-refractivity contribution is 0.121. The summed E-state index contributed by atoms with van der Waals surface area (Å²) in [5.74, 6) is 0. The van der Waals surface area contributed by atoms with E-state index in [1.807, 2.05) is 0 Å². The van der Waals surface area contributed by atoms with Crippen molar-refractivity contribution >= 4 is 9.52 Å². The fourth-order valence-electron chi connectivity index (χ4n) is 2.82. The van der Waals surface area contributed by atoms with Crippen molar-refractivity contribution in [3.05, 3.63) is 11.8 Å². The molecule has 1 rings (SSSR count). The molecule has 1 fully saturated rings. The third-order valence-electron chi connectivity index (χ3n) is 4.08. The SMILES string of the molecule is C/C=C\[SiH2]C(CC)(CC)N1CCCCC1. The minimum Gasteiger partial charge on any atom is -0.301 e. The molecule has 0 amide bonds. The number of piperidine rings is 1. The number of hydrogen-bond donors (Lipinski definition) is 0. The molecule has 0 spiro atoms. The molecule has 0 aromatic heterocycles. The summed E-state index contributed by atoms with van der Waals surface area (Å²) in [6.45, 7) is 9.64. The lowest BCUT2D eigenvalue weighted by Gasteiger charge is -2.45. The van der Waals surface area contributed by atoms with Crippen LogP contribution in [0, 0.1) is 0 Å². The van der Waals surface area contributed by atoms with Crippen LogP contribution < -0.4 is 0 Å². The van der Waals surface area contributed by atoms with Crippen LogP contribution in [-0.2, 0) is 0 Å². The van der Waals surface area contributed by atoms with Crippen LogP contribution in [0.3, 0.4) is 0 Å². The van der Waals surface area contributed by atoms with Gasteiger partial charge in [-0.1, -0.05) is 26.3 Å². The van der Waals surface area contributed by atoms with E-state index in [0.29, 0.717) is 5.16 Å². The highest BCUT2D eigenvalue weighted by Gasteiger charge is 2.32. The first kappa shape index (κ1) is 13.0. The van der Waals surface area contributed by atoms with Gasteiger partial charge in [0.15, 0.2) is 0 Å². The van der Waals surface area contributed by atoms with Gasteiger partial charge in [-0.25, -0.2) is 0 Å². The fraction of sp³-hybridized carbons (Fsp3) is 0.846. The summed E-state index contributed by atoms with van der Waals surface area (Å²) < 4.78 is 0. The van der Waals surface area contributed by atoms with Gasteiger partial charge in [-0.15, -0.1) is 5.70 Å². The van der Waals surface area contributed by atoms with Crippen LogP contribution in [0.15, 0.2) is 11.8 Å². The Morgan fingerprint density at radius 3 is 2.20 bits per heavy atom. The van der Waals surface area contributed by atoms with Crippen LogP contribution in [0.25, 0.3) is 0 Å². The third-order valence-corrected chi connectivity index (χ3v) is 6.99. The Labute approximate surface area is 97.8 Å². The molecule has 88 valence electrons. The van der Waals surface area contributed by atoms with Gasteiger partial charge < -0.3 is 4.90 Å². The molecule has 0 unspecified atom stereocenters. The summed E-state index contributed by atoms with van der Waals surface area (Å²) in [6, 6.07) is 0. The highest BCUT2D eigenvalue weighted by Crippen LogP contribution is 2.26. The van der Waals surface area contributed by atoms with Crippen molar-refractivity contribution in [3.8, 4) is 0 Å². The second-order valence-corrected chi connectivity index (χ2v) is 6.95. The first-order valence-electron chi connectivity index (χ1n) is 6.65. The molecule has 0 N–H and O–H groups in total. The number of likely N-dealkylation sites (tertiary alicyclic amines) is 1. The van der Waals surface area contributed by atoms with Crippen LogP contribution in [0.2, 0.25) is 0 Å². The van der Waals surface area contributed by atoms with E-state index < -0.39 is 0 Å². The van der Waals surface area contributed by atoms with Crippen molar-refractivity contribution in [2.75, 3.05) is 13.1 Å². The van der Waals surface area contributed by atoms with E-state index in [2.05, 4.69) is 37.4 Å². The second-order valence-electron chi connectivity index (χ2n) is 4.75. The molecule has 1 aliphatic heterocycles. The molecule has 0 aliphatic carbocycles. The fourth-order valence-corrected chi connectivity index (χ4v) is 4.65. The van der Waals surface area contributed by atoms with Gasteiger partial charge >= 0.3 is 0 Å². The zero-order valence-electron chi connectivity index (χ0n) is 10.8. The first-order valence-corrected chi connectivity index (χ1v) is 8.17. The van der Waals surface area contributed by atoms with E-state index in [9.17, 15) is 0 Å². The zero-order valence-corrected chi connectivity index (χ0v) is 12.2. The van der Waals surface area contributed by atoms with Crippen molar-refractivity contribution in [2.24, 2.45) is 0 Å². The van der Waals surface area contributed by atoms with E-state index in [0.717, 1.165) is 0 Å². The van der Waals surface area contributed by atoms with Crippen molar-refractivity contribution < 1.29 is 0 Å². The van der Waals surface area contributed by atoms with Gasteiger partial charge in [0.05, 0.1) is 9.52 Å². The van der Waals surface area contributed by atoms with E-state index >= 15 is 0 Å². The van der Waals surface area contributed by atoms with Crippen molar-refractivity contribution in [1.29, 1.82) is 0 Å². The standard InChI is InChI=1S/C13H27NSi/c1-4-12-15-13(5-2,6-3)14-10-8-7-9-11-14/h4,12H,5-11,15H2,1-3H3/b12-4-. The number of allylic oxidation sites excluding steroid dienone is 1. The van der Waals surface area contributed by atoms with Gasteiger partial charge in [0, 0.05) is 5.16 Å². The summed E-state index contributed by atoms with van der Waals surface area (Å²) in [5, 5.41) is 0.590. The van der Waals surface area contributed by atoms with Crippen LogP contribution in [0.5, 0.6) is 0 Å². The maximum atomic E-state index is 2.81. The zero-order chi connectivity index (χ0) is 11.1. The normalized spacial score (nSPS) is 20.7. The predicted molar refractivity (Wildman–Crippen MR) is 72.1 cm³/mol. The van der Waals surface area contributed by atoms with Crippen LogP contribution in [0.1, 0.15) is 52.9 Å². The molecule has 1 saturated heterocycles. The maximum Gasteiger partial charge on any atom is 0.0685 e. The van der Waals surface area contributed by atoms with Gasteiger partial charge in [-0.05, 0) is 45.7 Å². The van der Waals surface area contributed by atoms with Crippen LogP contribution >= 0.6 is 0 Å². The highest BCUT2D eigenvalue weighted by atomic mass is 28.2. The molecule has 1 nitrogen and oxygen atoms in total. The summed E-state index contributed by atoms with van der Waals surface area (Å²) >= 11 is 0. The molecule has 0 aromatic carbocycles. The summed E-state index contributed by atoms with van der Waals surface area (Å²) in [5.41, 5.74) is 2.49. The molecule has 0 bridgehead atoms. The van der Waals surface area contributed by atoms with E-state index in [4.69, 9.17) is 0 Å².